The molecule has 0 aliphatic carbocycles. The maximum absolute atomic E-state index is 12.8. The van der Waals surface area contributed by atoms with Crippen LogP contribution in [0.3, 0.4) is 0 Å². The van der Waals surface area contributed by atoms with Gasteiger partial charge in [-0.15, -0.1) is 0 Å². The number of piperazine rings is 1. The third kappa shape index (κ3) is 4.78. The number of nitrogens with zero attached hydrogens (tertiary/aromatic N) is 4. The molecule has 146 valence electrons. The molecule has 0 spiro atoms. The zero-order chi connectivity index (χ0) is 19.4. The van der Waals surface area contributed by atoms with E-state index in [-0.39, 0.29) is 11.3 Å². The Bertz CT molecular complexity index is 749. The summed E-state index contributed by atoms with van der Waals surface area (Å²) in [6.45, 7) is 14.1. The average molecular weight is 369 g/mol. The Morgan fingerprint density at radius 2 is 1.70 bits per heavy atom. The lowest BCUT2D eigenvalue weighted by Gasteiger charge is -2.35. The number of carbonyl (C=O) groups is 1. The minimum Gasteiger partial charge on any atom is -0.336 e. The quantitative estimate of drug-likeness (QED) is 0.814. The molecule has 1 aliphatic heterocycles. The molecular weight excluding hydrogens is 336 g/mol. The molecule has 1 aliphatic rings. The van der Waals surface area contributed by atoms with E-state index in [4.69, 9.17) is 0 Å². The van der Waals surface area contributed by atoms with Crippen molar-refractivity contribution < 1.29 is 4.79 Å². The number of aromatic nitrogens is 2. The van der Waals surface area contributed by atoms with E-state index in [2.05, 4.69) is 60.5 Å². The van der Waals surface area contributed by atoms with Gasteiger partial charge in [-0.05, 0) is 23.1 Å². The molecular formula is C22H32N4O. The summed E-state index contributed by atoms with van der Waals surface area (Å²) in [6.07, 6.45) is 4.89. The van der Waals surface area contributed by atoms with Crippen molar-refractivity contribution in [3.8, 4) is 0 Å². The smallest absolute Gasteiger partial charge is 0.253 e. The average Bonchev–Trinajstić information content (AvgIpc) is 3.13. The molecule has 1 aromatic heterocycles. The molecule has 0 atom stereocenters. The fraction of sp³-hybridized carbons (Fsp3) is 0.545. The van der Waals surface area contributed by atoms with Crippen molar-refractivity contribution in [3.05, 3.63) is 53.6 Å². The second-order valence-corrected chi connectivity index (χ2v) is 8.35. The van der Waals surface area contributed by atoms with Crippen LogP contribution in [0.4, 0.5) is 0 Å². The van der Waals surface area contributed by atoms with Gasteiger partial charge in [0.05, 0.1) is 0 Å². The fourth-order valence-corrected chi connectivity index (χ4v) is 3.58. The number of hydrogen-bond donors (Lipinski definition) is 0. The van der Waals surface area contributed by atoms with Crippen LogP contribution in [0, 0.1) is 0 Å². The summed E-state index contributed by atoms with van der Waals surface area (Å²) in [5.74, 6) is 1.29. The number of benzene rings is 1. The second kappa shape index (κ2) is 8.26. The Morgan fingerprint density at radius 3 is 2.30 bits per heavy atom. The van der Waals surface area contributed by atoms with Gasteiger partial charge in [0.1, 0.15) is 5.82 Å². The van der Waals surface area contributed by atoms with E-state index in [0.29, 0.717) is 0 Å². The van der Waals surface area contributed by atoms with Crippen LogP contribution in [0.2, 0.25) is 0 Å². The third-order valence-electron chi connectivity index (χ3n) is 5.43. The minimum absolute atomic E-state index is 0.111. The van der Waals surface area contributed by atoms with E-state index in [9.17, 15) is 4.79 Å². The summed E-state index contributed by atoms with van der Waals surface area (Å²) in [7, 11) is 0. The molecule has 1 fully saturated rings. The Balaban J connectivity index is 1.50. The number of aryl methyl sites for hydroxylation is 1. The summed E-state index contributed by atoms with van der Waals surface area (Å²) in [5, 5.41) is 0. The van der Waals surface area contributed by atoms with Crippen molar-refractivity contribution in [1.29, 1.82) is 0 Å². The van der Waals surface area contributed by atoms with Gasteiger partial charge in [0.2, 0.25) is 0 Å². The highest BCUT2D eigenvalue weighted by molar-refractivity contribution is 5.94. The van der Waals surface area contributed by atoms with Crippen molar-refractivity contribution in [1.82, 2.24) is 19.4 Å². The number of hydrogen-bond acceptors (Lipinski definition) is 3. The molecule has 0 N–H and O–H groups in total. The number of imidazole rings is 1. The van der Waals surface area contributed by atoms with Gasteiger partial charge in [-0.1, -0.05) is 39.8 Å². The van der Waals surface area contributed by atoms with Crippen molar-refractivity contribution in [3.63, 3.8) is 0 Å². The van der Waals surface area contributed by atoms with Crippen molar-refractivity contribution in [2.75, 3.05) is 32.7 Å². The van der Waals surface area contributed by atoms with Gasteiger partial charge >= 0.3 is 0 Å². The van der Waals surface area contributed by atoms with E-state index >= 15 is 0 Å². The van der Waals surface area contributed by atoms with Gasteiger partial charge in [-0.3, -0.25) is 9.69 Å². The topological polar surface area (TPSA) is 41.4 Å². The Morgan fingerprint density at radius 1 is 1.04 bits per heavy atom. The molecule has 1 saturated heterocycles. The molecule has 3 rings (SSSR count). The van der Waals surface area contributed by atoms with Crippen molar-refractivity contribution >= 4 is 5.91 Å². The third-order valence-corrected chi connectivity index (χ3v) is 5.43. The highest BCUT2D eigenvalue weighted by Crippen LogP contribution is 2.22. The zero-order valence-corrected chi connectivity index (χ0v) is 17.1. The summed E-state index contributed by atoms with van der Waals surface area (Å²) < 4.78 is 2.23. The van der Waals surface area contributed by atoms with Gasteiger partial charge < -0.3 is 9.47 Å². The van der Waals surface area contributed by atoms with E-state index in [1.54, 1.807) is 0 Å². The molecule has 0 radical (unpaired) electrons. The molecule has 1 aromatic carbocycles. The number of rotatable bonds is 5. The molecule has 5 heteroatoms. The summed E-state index contributed by atoms with van der Waals surface area (Å²) in [4.78, 5) is 21.6. The monoisotopic (exact) mass is 368 g/mol. The lowest BCUT2D eigenvalue weighted by molar-refractivity contribution is 0.0633. The first-order valence-electron chi connectivity index (χ1n) is 10.0. The van der Waals surface area contributed by atoms with Crippen LogP contribution < -0.4 is 0 Å². The van der Waals surface area contributed by atoms with Crippen LogP contribution in [0.15, 0.2) is 36.7 Å². The molecule has 1 amide bonds. The first-order chi connectivity index (χ1) is 12.9. The van der Waals surface area contributed by atoms with E-state index in [1.807, 2.05) is 23.2 Å². The molecule has 0 bridgehead atoms. The SMILES string of the molecule is CCc1nccn1CCN1CCN(C(=O)c2ccc(C(C)(C)C)cc2)CC1. The van der Waals surface area contributed by atoms with Gasteiger partial charge in [-0.2, -0.15) is 0 Å². The zero-order valence-electron chi connectivity index (χ0n) is 17.1. The number of amides is 1. The van der Waals surface area contributed by atoms with Crippen LogP contribution in [-0.4, -0.2) is 58.0 Å². The predicted molar refractivity (Wildman–Crippen MR) is 109 cm³/mol. The van der Waals surface area contributed by atoms with Gasteiger partial charge in [0.25, 0.3) is 5.91 Å². The standard InChI is InChI=1S/C22H32N4O/c1-5-20-23-10-11-25(20)15-12-24-13-16-26(17-14-24)21(27)18-6-8-19(9-7-18)22(2,3)4/h6-11H,5,12-17H2,1-4H3. The highest BCUT2D eigenvalue weighted by atomic mass is 16.2. The normalized spacial score (nSPS) is 15.9. The Labute approximate surface area is 163 Å². The van der Waals surface area contributed by atoms with E-state index in [0.717, 1.165) is 57.1 Å². The second-order valence-electron chi connectivity index (χ2n) is 8.35. The van der Waals surface area contributed by atoms with E-state index in [1.165, 1.54) is 5.56 Å². The summed E-state index contributed by atoms with van der Waals surface area (Å²) in [5.41, 5.74) is 2.16. The summed E-state index contributed by atoms with van der Waals surface area (Å²) in [6, 6.07) is 8.11. The van der Waals surface area contributed by atoms with Crippen LogP contribution >= 0.6 is 0 Å². The number of carbonyl (C=O) groups excluding carboxylic acids is 1. The lowest BCUT2D eigenvalue weighted by atomic mass is 9.86. The first-order valence-corrected chi connectivity index (χ1v) is 10.0. The molecule has 0 saturated carbocycles. The highest BCUT2D eigenvalue weighted by Gasteiger charge is 2.22. The maximum atomic E-state index is 12.8. The van der Waals surface area contributed by atoms with Crippen LogP contribution in [0.5, 0.6) is 0 Å². The molecule has 0 unspecified atom stereocenters. The van der Waals surface area contributed by atoms with Crippen molar-refractivity contribution in [2.24, 2.45) is 0 Å². The fourth-order valence-electron chi connectivity index (χ4n) is 3.58. The molecule has 27 heavy (non-hydrogen) atoms. The van der Waals surface area contributed by atoms with Gasteiger partial charge in [0.15, 0.2) is 0 Å². The van der Waals surface area contributed by atoms with E-state index < -0.39 is 0 Å². The van der Waals surface area contributed by atoms with Crippen LogP contribution in [-0.2, 0) is 18.4 Å². The molecule has 2 heterocycles. The minimum atomic E-state index is 0.111. The first kappa shape index (κ1) is 19.6. The Hall–Kier alpha value is -2.14. The van der Waals surface area contributed by atoms with Crippen LogP contribution in [0.1, 0.15) is 49.4 Å². The largest absolute Gasteiger partial charge is 0.336 e. The summed E-state index contributed by atoms with van der Waals surface area (Å²) >= 11 is 0. The lowest BCUT2D eigenvalue weighted by Crippen LogP contribution is -2.49. The molecule has 5 nitrogen and oxygen atoms in total. The van der Waals surface area contributed by atoms with Gasteiger partial charge in [0, 0.05) is 63.6 Å². The molecule has 2 aromatic rings. The maximum Gasteiger partial charge on any atom is 0.253 e. The predicted octanol–water partition coefficient (Wildman–Crippen LogP) is 3.20. The van der Waals surface area contributed by atoms with Crippen LogP contribution in [0.25, 0.3) is 0 Å². The Kier molecular flexibility index (Phi) is 6.00. The van der Waals surface area contributed by atoms with Crippen molar-refractivity contribution in [2.45, 2.75) is 46.1 Å². The van der Waals surface area contributed by atoms with Gasteiger partial charge in [-0.25, -0.2) is 4.98 Å².